The van der Waals surface area contributed by atoms with Gasteiger partial charge in [-0.25, -0.2) is 4.99 Å². The number of aliphatic imine (C=N–C) groups is 1. The number of carbonyl (C=O) groups excluding carboxylic acids is 1. The molecule has 1 atom stereocenters. The van der Waals surface area contributed by atoms with Gasteiger partial charge < -0.3 is 25.0 Å². The fourth-order valence-corrected chi connectivity index (χ4v) is 3.25. The van der Waals surface area contributed by atoms with Gasteiger partial charge in [0, 0.05) is 32.8 Å². The number of rotatable bonds is 9. The smallest absolute Gasteiger partial charge is 0.241 e. The molecule has 1 aromatic rings. The topological polar surface area (TPSA) is 75.2 Å². The minimum Gasteiger partial charge on any atom is -0.493 e. The van der Waals surface area contributed by atoms with Crippen LogP contribution in [0.4, 0.5) is 0 Å². The van der Waals surface area contributed by atoms with Gasteiger partial charge >= 0.3 is 0 Å². The van der Waals surface area contributed by atoms with Gasteiger partial charge in [-0.1, -0.05) is 12.1 Å². The molecule has 1 aliphatic heterocycles. The van der Waals surface area contributed by atoms with Crippen molar-refractivity contribution >= 4 is 11.9 Å². The minimum atomic E-state index is 0.00204. The summed E-state index contributed by atoms with van der Waals surface area (Å²) in [7, 11) is 3.50. The standard InChI is InChI=1S/C23H36N4O3/c1-17-7-10-19(21(12-17)30-16-18-8-9-18)13-24-23(26-15-22(28)27(2)3)25-14-20-6-4-5-11-29-20/h7,10,12,18,20H,4-6,8-9,11,13-16H2,1-3H3,(H2,24,25,26). The first-order chi connectivity index (χ1) is 14.5. The van der Waals surface area contributed by atoms with Gasteiger partial charge in [0.1, 0.15) is 5.75 Å². The first kappa shape index (κ1) is 22.4. The maximum Gasteiger partial charge on any atom is 0.241 e. The molecule has 2 N–H and O–H groups in total. The zero-order chi connectivity index (χ0) is 21.3. The summed E-state index contributed by atoms with van der Waals surface area (Å²) in [5.41, 5.74) is 2.23. The molecule has 1 saturated carbocycles. The average molecular weight is 417 g/mol. The molecule has 1 aromatic carbocycles. The molecule has 0 spiro atoms. The molecule has 0 radical (unpaired) electrons. The molecule has 1 saturated heterocycles. The van der Waals surface area contributed by atoms with Gasteiger partial charge in [-0.2, -0.15) is 0 Å². The summed E-state index contributed by atoms with van der Waals surface area (Å²) in [6.45, 7) is 5.03. The summed E-state index contributed by atoms with van der Waals surface area (Å²) in [5.74, 6) is 2.23. The van der Waals surface area contributed by atoms with Crippen molar-refractivity contribution in [2.24, 2.45) is 10.9 Å². The third-order valence-electron chi connectivity index (χ3n) is 5.48. The van der Waals surface area contributed by atoms with E-state index in [1.807, 2.05) is 0 Å². The Labute approximate surface area is 180 Å². The van der Waals surface area contributed by atoms with Gasteiger partial charge in [0.2, 0.25) is 5.91 Å². The third-order valence-corrected chi connectivity index (χ3v) is 5.48. The first-order valence-corrected chi connectivity index (χ1v) is 11.1. The van der Waals surface area contributed by atoms with Crippen LogP contribution in [0.5, 0.6) is 5.75 Å². The normalized spacial score (nSPS) is 19.3. The second-order valence-electron chi connectivity index (χ2n) is 8.54. The second kappa shape index (κ2) is 11.2. The van der Waals surface area contributed by atoms with E-state index in [0.717, 1.165) is 37.4 Å². The van der Waals surface area contributed by atoms with E-state index in [0.29, 0.717) is 25.0 Å². The Morgan fingerprint density at radius 1 is 1.23 bits per heavy atom. The van der Waals surface area contributed by atoms with Crippen molar-refractivity contribution in [2.75, 3.05) is 40.4 Å². The van der Waals surface area contributed by atoms with Crippen LogP contribution in [-0.4, -0.2) is 63.3 Å². The second-order valence-corrected chi connectivity index (χ2v) is 8.54. The highest BCUT2D eigenvalue weighted by molar-refractivity contribution is 5.86. The summed E-state index contributed by atoms with van der Waals surface area (Å²) < 4.78 is 11.9. The van der Waals surface area contributed by atoms with Gasteiger partial charge in [0.25, 0.3) is 0 Å². The van der Waals surface area contributed by atoms with Crippen LogP contribution in [0.3, 0.4) is 0 Å². The van der Waals surface area contributed by atoms with Crippen LogP contribution in [0.2, 0.25) is 0 Å². The molecule has 166 valence electrons. The molecule has 0 aromatic heterocycles. The summed E-state index contributed by atoms with van der Waals surface area (Å²) in [4.78, 5) is 18.3. The fourth-order valence-electron chi connectivity index (χ4n) is 3.25. The molecule has 2 fully saturated rings. The number of benzene rings is 1. The Kier molecular flexibility index (Phi) is 8.37. The number of aryl methyl sites for hydroxylation is 1. The number of amides is 1. The summed E-state index contributed by atoms with van der Waals surface area (Å²) >= 11 is 0. The van der Waals surface area contributed by atoms with Gasteiger partial charge in [-0.05, 0) is 56.6 Å². The van der Waals surface area contributed by atoms with E-state index in [4.69, 9.17) is 14.5 Å². The molecule has 1 heterocycles. The number of guanidine groups is 1. The van der Waals surface area contributed by atoms with Crippen molar-refractivity contribution in [3.8, 4) is 5.75 Å². The van der Waals surface area contributed by atoms with E-state index in [9.17, 15) is 4.79 Å². The van der Waals surface area contributed by atoms with E-state index in [1.165, 1.54) is 24.8 Å². The number of nitrogens with one attached hydrogen (secondary N) is 2. The molecule has 1 amide bonds. The molecule has 7 heteroatoms. The number of carbonyl (C=O) groups is 1. The molecule has 7 nitrogen and oxygen atoms in total. The number of likely N-dealkylation sites (N-methyl/N-ethyl adjacent to an activating group) is 1. The zero-order valence-electron chi connectivity index (χ0n) is 18.6. The van der Waals surface area contributed by atoms with Gasteiger partial charge in [-0.3, -0.25) is 4.79 Å². The van der Waals surface area contributed by atoms with E-state index in [1.54, 1.807) is 19.0 Å². The maximum absolute atomic E-state index is 12.0. The Bertz CT molecular complexity index is 725. The maximum atomic E-state index is 12.0. The predicted molar refractivity (Wildman–Crippen MR) is 119 cm³/mol. The highest BCUT2D eigenvalue weighted by atomic mass is 16.5. The van der Waals surface area contributed by atoms with Gasteiger partial charge in [0.05, 0.1) is 25.8 Å². The molecule has 1 unspecified atom stereocenters. The lowest BCUT2D eigenvalue weighted by atomic mass is 10.1. The highest BCUT2D eigenvalue weighted by Crippen LogP contribution is 2.31. The molecular weight excluding hydrogens is 380 g/mol. The van der Waals surface area contributed by atoms with Crippen LogP contribution in [-0.2, 0) is 16.1 Å². The lowest BCUT2D eigenvalue weighted by molar-refractivity contribution is -0.127. The first-order valence-electron chi connectivity index (χ1n) is 11.1. The number of hydrogen-bond donors (Lipinski definition) is 2. The van der Waals surface area contributed by atoms with Crippen molar-refractivity contribution in [1.82, 2.24) is 15.5 Å². The summed E-state index contributed by atoms with van der Waals surface area (Å²) in [5, 5.41) is 6.50. The lowest BCUT2D eigenvalue weighted by Gasteiger charge is -2.24. The van der Waals surface area contributed by atoms with Crippen LogP contribution < -0.4 is 15.4 Å². The third kappa shape index (κ3) is 7.52. The molecule has 3 rings (SSSR count). The molecule has 0 bridgehead atoms. The highest BCUT2D eigenvalue weighted by Gasteiger charge is 2.22. The predicted octanol–water partition coefficient (Wildman–Crippen LogP) is 2.48. The quantitative estimate of drug-likeness (QED) is 0.478. The van der Waals surface area contributed by atoms with Crippen molar-refractivity contribution in [3.63, 3.8) is 0 Å². The van der Waals surface area contributed by atoms with Crippen LogP contribution in [0.1, 0.15) is 43.2 Å². The van der Waals surface area contributed by atoms with Crippen molar-refractivity contribution < 1.29 is 14.3 Å². The Balaban J connectivity index is 1.63. The Morgan fingerprint density at radius 2 is 2.07 bits per heavy atom. The van der Waals surface area contributed by atoms with Crippen molar-refractivity contribution in [3.05, 3.63) is 29.3 Å². The van der Waals surface area contributed by atoms with Crippen LogP contribution in [0.15, 0.2) is 23.2 Å². The Hall–Kier alpha value is -2.28. The lowest BCUT2D eigenvalue weighted by Crippen LogP contribution is -2.45. The molecule has 1 aliphatic carbocycles. The van der Waals surface area contributed by atoms with Crippen LogP contribution in [0, 0.1) is 12.8 Å². The van der Waals surface area contributed by atoms with Crippen LogP contribution >= 0.6 is 0 Å². The molecule has 30 heavy (non-hydrogen) atoms. The van der Waals surface area contributed by atoms with E-state index < -0.39 is 0 Å². The van der Waals surface area contributed by atoms with Crippen molar-refractivity contribution in [2.45, 2.75) is 51.7 Å². The molecule has 2 aliphatic rings. The summed E-state index contributed by atoms with van der Waals surface area (Å²) in [6.07, 6.45) is 6.09. The fraction of sp³-hybridized carbons (Fsp3) is 0.652. The summed E-state index contributed by atoms with van der Waals surface area (Å²) in [6, 6.07) is 6.24. The van der Waals surface area contributed by atoms with Gasteiger partial charge in [-0.15, -0.1) is 0 Å². The van der Waals surface area contributed by atoms with Gasteiger partial charge in [0.15, 0.2) is 5.96 Å². The minimum absolute atomic E-state index is 0.00204. The van der Waals surface area contributed by atoms with Crippen molar-refractivity contribution in [1.29, 1.82) is 0 Å². The SMILES string of the molecule is Cc1ccc(CN=C(NCC(=O)N(C)C)NCC2CCCCO2)c(OCC2CC2)c1. The molecular formula is C23H36N4O3. The monoisotopic (exact) mass is 416 g/mol. The number of ether oxygens (including phenoxy) is 2. The van der Waals surface area contributed by atoms with E-state index in [-0.39, 0.29) is 18.6 Å². The average Bonchev–Trinajstić information content (AvgIpc) is 3.57. The Morgan fingerprint density at radius 3 is 2.77 bits per heavy atom. The largest absolute Gasteiger partial charge is 0.493 e. The number of hydrogen-bond acceptors (Lipinski definition) is 4. The van der Waals surface area contributed by atoms with Crippen LogP contribution in [0.25, 0.3) is 0 Å². The van der Waals surface area contributed by atoms with E-state index in [2.05, 4.69) is 35.8 Å². The van der Waals surface area contributed by atoms with E-state index >= 15 is 0 Å². The number of nitrogens with zero attached hydrogens (tertiary/aromatic N) is 2. The zero-order valence-corrected chi connectivity index (χ0v) is 18.6.